The molecule has 0 aliphatic carbocycles. The van der Waals surface area contributed by atoms with Crippen LogP contribution in [0.3, 0.4) is 0 Å². The molecule has 0 saturated carbocycles. The third-order valence-corrected chi connectivity index (χ3v) is 6.40. The molecular formula is C25H23ClN4O. The van der Waals surface area contributed by atoms with Crippen LogP contribution in [-0.2, 0) is 19.4 Å². The molecule has 2 aromatic carbocycles. The minimum atomic E-state index is -0.0127. The summed E-state index contributed by atoms with van der Waals surface area (Å²) in [5, 5.41) is 5.24. The number of amides is 1. The summed E-state index contributed by atoms with van der Waals surface area (Å²) in [6.07, 6.45) is 3.27. The van der Waals surface area contributed by atoms with Gasteiger partial charge in [-0.2, -0.15) is 5.10 Å². The molecule has 0 fully saturated rings. The van der Waals surface area contributed by atoms with E-state index in [-0.39, 0.29) is 5.91 Å². The molecule has 2 aromatic heterocycles. The largest absolute Gasteiger partial charge is 0.334 e. The highest BCUT2D eigenvalue weighted by Gasteiger charge is 2.25. The number of hydrogen-bond acceptors (Lipinski definition) is 3. The second-order valence-electron chi connectivity index (χ2n) is 8.10. The molecular weight excluding hydrogens is 408 g/mol. The number of aryl methyl sites for hydroxylation is 2. The normalized spacial score (nSPS) is 13.5. The minimum Gasteiger partial charge on any atom is -0.334 e. The Hall–Kier alpha value is -3.18. The molecule has 0 saturated heterocycles. The Morgan fingerprint density at radius 1 is 1.06 bits per heavy atom. The lowest BCUT2D eigenvalue weighted by Crippen LogP contribution is -2.36. The minimum absolute atomic E-state index is 0.0127. The van der Waals surface area contributed by atoms with Gasteiger partial charge in [0.2, 0.25) is 0 Å². The molecule has 156 valence electrons. The van der Waals surface area contributed by atoms with Gasteiger partial charge in [-0.1, -0.05) is 48.0 Å². The molecule has 5 rings (SSSR count). The van der Waals surface area contributed by atoms with Gasteiger partial charge in [-0.25, -0.2) is 9.50 Å². The number of aromatic nitrogens is 3. The molecule has 0 unspecified atom stereocenters. The van der Waals surface area contributed by atoms with Crippen LogP contribution in [-0.4, -0.2) is 31.9 Å². The Bertz CT molecular complexity index is 1290. The lowest BCUT2D eigenvalue weighted by molar-refractivity contribution is 0.0736. The van der Waals surface area contributed by atoms with Gasteiger partial charge in [0.1, 0.15) is 5.56 Å². The highest BCUT2D eigenvalue weighted by Crippen LogP contribution is 2.24. The van der Waals surface area contributed by atoms with Crippen molar-refractivity contribution in [2.75, 3.05) is 6.54 Å². The van der Waals surface area contributed by atoms with Crippen molar-refractivity contribution in [1.82, 2.24) is 19.5 Å². The Balaban J connectivity index is 1.47. The number of hydrogen-bond donors (Lipinski definition) is 0. The number of carbonyl (C=O) groups excluding carboxylic acids is 1. The van der Waals surface area contributed by atoms with Crippen LogP contribution >= 0.6 is 11.6 Å². The summed E-state index contributed by atoms with van der Waals surface area (Å²) >= 11 is 6.02. The van der Waals surface area contributed by atoms with Crippen LogP contribution in [0.1, 0.15) is 44.0 Å². The average molecular weight is 431 g/mol. The summed E-state index contributed by atoms with van der Waals surface area (Å²) in [6.45, 7) is 5.36. The van der Waals surface area contributed by atoms with Gasteiger partial charge in [0.25, 0.3) is 5.91 Å². The first-order valence-electron chi connectivity index (χ1n) is 10.5. The van der Waals surface area contributed by atoms with Gasteiger partial charge in [-0.3, -0.25) is 4.79 Å². The highest BCUT2D eigenvalue weighted by molar-refractivity contribution is 6.30. The van der Waals surface area contributed by atoms with Gasteiger partial charge in [0.15, 0.2) is 5.65 Å². The maximum atomic E-state index is 13.3. The fourth-order valence-corrected chi connectivity index (χ4v) is 4.49. The Labute approximate surface area is 186 Å². The predicted molar refractivity (Wildman–Crippen MR) is 122 cm³/mol. The fraction of sp³-hybridized carbons (Fsp3) is 0.240. The van der Waals surface area contributed by atoms with E-state index in [1.165, 1.54) is 11.1 Å². The van der Waals surface area contributed by atoms with E-state index in [0.717, 1.165) is 40.4 Å². The van der Waals surface area contributed by atoms with E-state index in [0.29, 0.717) is 24.3 Å². The lowest BCUT2D eigenvalue weighted by Gasteiger charge is -2.28. The van der Waals surface area contributed by atoms with Crippen LogP contribution in [0.15, 0.2) is 54.7 Å². The number of nitrogens with zero attached hydrogens (tertiary/aromatic N) is 4. The first-order valence-corrected chi connectivity index (χ1v) is 10.8. The number of carbonyl (C=O) groups is 1. The van der Waals surface area contributed by atoms with Crippen LogP contribution < -0.4 is 0 Å². The summed E-state index contributed by atoms with van der Waals surface area (Å²) in [5.74, 6) is -0.0127. The quantitative estimate of drug-likeness (QED) is 0.469. The molecule has 0 atom stereocenters. The summed E-state index contributed by atoms with van der Waals surface area (Å²) in [6, 6.07) is 16.2. The summed E-state index contributed by atoms with van der Waals surface area (Å²) in [7, 11) is 0. The smallest absolute Gasteiger partial charge is 0.259 e. The SMILES string of the molecule is Cc1nc2c(C(=O)N3CCc4ccccc4C3)cnn2c(C)c1Cc1ccc(Cl)cc1. The van der Waals surface area contributed by atoms with Gasteiger partial charge in [-0.05, 0) is 54.7 Å². The first-order chi connectivity index (χ1) is 15.0. The van der Waals surface area contributed by atoms with Crippen molar-refractivity contribution >= 4 is 23.2 Å². The van der Waals surface area contributed by atoms with Crippen molar-refractivity contribution < 1.29 is 4.79 Å². The Morgan fingerprint density at radius 2 is 1.81 bits per heavy atom. The van der Waals surface area contributed by atoms with Gasteiger partial charge in [0, 0.05) is 35.9 Å². The molecule has 31 heavy (non-hydrogen) atoms. The molecule has 6 heteroatoms. The maximum absolute atomic E-state index is 13.3. The summed E-state index contributed by atoms with van der Waals surface area (Å²) < 4.78 is 1.80. The molecule has 1 aliphatic rings. The second-order valence-corrected chi connectivity index (χ2v) is 8.54. The molecule has 0 spiro atoms. The average Bonchev–Trinajstić information content (AvgIpc) is 3.21. The zero-order valence-electron chi connectivity index (χ0n) is 17.6. The Morgan fingerprint density at radius 3 is 2.58 bits per heavy atom. The topological polar surface area (TPSA) is 50.5 Å². The van der Waals surface area contributed by atoms with E-state index >= 15 is 0 Å². The van der Waals surface area contributed by atoms with E-state index < -0.39 is 0 Å². The van der Waals surface area contributed by atoms with Crippen LogP contribution in [0, 0.1) is 13.8 Å². The van der Waals surface area contributed by atoms with Crippen LogP contribution in [0.5, 0.6) is 0 Å². The van der Waals surface area contributed by atoms with Gasteiger partial charge < -0.3 is 4.90 Å². The van der Waals surface area contributed by atoms with Crippen molar-refractivity contribution in [2.45, 2.75) is 33.2 Å². The van der Waals surface area contributed by atoms with Gasteiger partial charge in [-0.15, -0.1) is 0 Å². The van der Waals surface area contributed by atoms with Crippen LogP contribution in [0.2, 0.25) is 5.02 Å². The van der Waals surface area contributed by atoms with Crippen LogP contribution in [0.25, 0.3) is 5.65 Å². The maximum Gasteiger partial charge on any atom is 0.259 e. The lowest BCUT2D eigenvalue weighted by atomic mass is 9.99. The number of fused-ring (bicyclic) bond motifs is 2. The fourth-order valence-electron chi connectivity index (χ4n) is 4.36. The van der Waals surface area contributed by atoms with Crippen molar-refractivity contribution in [3.05, 3.63) is 99.0 Å². The van der Waals surface area contributed by atoms with Gasteiger partial charge in [0.05, 0.1) is 6.20 Å². The van der Waals surface area contributed by atoms with Crippen molar-refractivity contribution in [2.24, 2.45) is 0 Å². The molecule has 1 amide bonds. The van der Waals surface area contributed by atoms with Crippen molar-refractivity contribution in [1.29, 1.82) is 0 Å². The molecule has 5 nitrogen and oxygen atoms in total. The third-order valence-electron chi connectivity index (χ3n) is 6.15. The Kier molecular flexibility index (Phi) is 4.98. The molecule has 0 N–H and O–H groups in total. The van der Waals surface area contributed by atoms with E-state index in [4.69, 9.17) is 16.6 Å². The first kappa shape index (κ1) is 19.8. The zero-order chi connectivity index (χ0) is 21.5. The van der Waals surface area contributed by atoms with Crippen LogP contribution in [0.4, 0.5) is 0 Å². The monoisotopic (exact) mass is 430 g/mol. The third kappa shape index (κ3) is 3.59. The standard InChI is InChI=1S/C25H23ClN4O/c1-16-22(13-18-7-9-21(26)10-8-18)17(2)30-24(28-16)23(14-27-30)25(31)29-12-11-19-5-3-4-6-20(19)15-29/h3-10,14H,11-13,15H2,1-2H3. The molecule has 0 bridgehead atoms. The van der Waals surface area contributed by atoms with Crippen molar-refractivity contribution in [3.63, 3.8) is 0 Å². The van der Waals surface area contributed by atoms with E-state index in [1.54, 1.807) is 10.7 Å². The highest BCUT2D eigenvalue weighted by atomic mass is 35.5. The van der Waals surface area contributed by atoms with E-state index in [2.05, 4.69) is 23.3 Å². The number of halogens is 1. The number of rotatable bonds is 3. The van der Waals surface area contributed by atoms with E-state index in [1.807, 2.05) is 49.1 Å². The van der Waals surface area contributed by atoms with E-state index in [9.17, 15) is 4.79 Å². The zero-order valence-corrected chi connectivity index (χ0v) is 18.4. The van der Waals surface area contributed by atoms with Crippen molar-refractivity contribution in [3.8, 4) is 0 Å². The second kappa shape index (κ2) is 7.82. The molecule has 1 aliphatic heterocycles. The molecule has 0 radical (unpaired) electrons. The molecule has 4 aromatic rings. The predicted octanol–water partition coefficient (Wildman–Crippen LogP) is 4.79. The summed E-state index contributed by atoms with van der Waals surface area (Å²) in [4.78, 5) is 20.0. The molecule has 3 heterocycles. The number of benzene rings is 2. The summed E-state index contributed by atoms with van der Waals surface area (Å²) in [5.41, 5.74) is 7.91. The van der Waals surface area contributed by atoms with Gasteiger partial charge >= 0.3 is 0 Å².